The monoisotopic (exact) mass is 295 g/mol. The van der Waals surface area contributed by atoms with Crippen molar-refractivity contribution in [3.63, 3.8) is 0 Å². The minimum atomic E-state index is -0.599. The Bertz CT molecular complexity index is 543. The van der Waals surface area contributed by atoms with Crippen molar-refractivity contribution in [2.45, 2.75) is 26.3 Å². The first-order chi connectivity index (χ1) is 7.89. The third-order valence-electron chi connectivity index (χ3n) is 2.42. The van der Waals surface area contributed by atoms with Crippen LogP contribution in [-0.4, -0.2) is 10.1 Å². The van der Waals surface area contributed by atoms with Gasteiger partial charge in [-0.1, -0.05) is 17.3 Å². The molecule has 0 fully saturated rings. The molecule has 4 nitrogen and oxygen atoms in total. The van der Waals surface area contributed by atoms with Crippen molar-refractivity contribution in [1.82, 2.24) is 10.1 Å². The molecular formula is C12H14BrN3O. The van der Waals surface area contributed by atoms with E-state index in [1.54, 1.807) is 0 Å². The van der Waals surface area contributed by atoms with Gasteiger partial charge in [0, 0.05) is 4.47 Å². The third-order valence-corrected chi connectivity index (χ3v) is 3.48. The molecule has 0 saturated heterocycles. The number of nitrogens with zero attached hydrogens (tertiary/aromatic N) is 2. The highest BCUT2D eigenvalue weighted by atomic mass is 79.9. The van der Waals surface area contributed by atoms with E-state index in [9.17, 15) is 0 Å². The topological polar surface area (TPSA) is 64.9 Å². The van der Waals surface area contributed by atoms with Gasteiger partial charge in [-0.05, 0) is 48.3 Å². The van der Waals surface area contributed by atoms with E-state index in [1.165, 1.54) is 0 Å². The van der Waals surface area contributed by atoms with E-state index in [0.29, 0.717) is 11.7 Å². The molecule has 0 radical (unpaired) electrons. The van der Waals surface area contributed by atoms with Crippen LogP contribution < -0.4 is 5.73 Å². The van der Waals surface area contributed by atoms with E-state index in [4.69, 9.17) is 10.3 Å². The SMILES string of the molecule is Cc1cccc(-c2nc(C(C)(C)N)no2)c1Br. The van der Waals surface area contributed by atoms with Crippen LogP contribution in [0.3, 0.4) is 0 Å². The molecule has 0 aliphatic rings. The van der Waals surface area contributed by atoms with Crippen LogP contribution in [0, 0.1) is 6.92 Å². The molecule has 0 amide bonds. The van der Waals surface area contributed by atoms with Crippen LogP contribution in [0.1, 0.15) is 25.2 Å². The van der Waals surface area contributed by atoms with Crippen molar-refractivity contribution in [2.24, 2.45) is 5.73 Å². The second kappa shape index (κ2) is 4.23. The summed E-state index contributed by atoms with van der Waals surface area (Å²) < 4.78 is 6.20. The van der Waals surface area contributed by atoms with E-state index in [2.05, 4.69) is 26.1 Å². The number of benzene rings is 1. The maximum absolute atomic E-state index is 5.92. The molecule has 0 unspecified atom stereocenters. The number of halogens is 1. The van der Waals surface area contributed by atoms with Crippen molar-refractivity contribution in [1.29, 1.82) is 0 Å². The van der Waals surface area contributed by atoms with E-state index >= 15 is 0 Å². The highest BCUT2D eigenvalue weighted by Gasteiger charge is 2.22. The number of hydrogen-bond donors (Lipinski definition) is 1. The molecule has 2 N–H and O–H groups in total. The Morgan fingerprint density at radius 3 is 2.65 bits per heavy atom. The van der Waals surface area contributed by atoms with E-state index in [-0.39, 0.29) is 0 Å². The lowest BCUT2D eigenvalue weighted by atomic mass is 10.1. The Labute approximate surface area is 108 Å². The molecule has 2 rings (SSSR count). The number of nitrogens with two attached hydrogens (primary N) is 1. The summed E-state index contributed by atoms with van der Waals surface area (Å²) in [5, 5.41) is 3.90. The van der Waals surface area contributed by atoms with Crippen LogP contribution in [-0.2, 0) is 5.54 Å². The molecule has 2 aromatic rings. The predicted molar refractivity (Wildman–Crippen MR) is 69.4 cm³/mol. The maximum atomic E-state index is 5.92. The first-order valence-electron chi connectivity index (χ1n) is 5.28. The van der Waals surface area contributed by atoms with Crippen LogP contribution in [0.5, 0.6) is 0 Å². The van der Waals surface area contributed by atoms with Gasteiger partial charge in [-0.3, -0.25) is 0 Å². The summed E-state index contributed by atoms with van der Waals surface area (Å²) in [6.45, 7) is 5.69. The molecule has 0 aliphatic heterocycles. The molecule has 17 heavy (non-hydrogen) atoms. The van der Waals surface area contributed by atoms with Crippen LogP contribution in [0.15, 0.2) is 27.2 Å². The van der Waals surface area contributed by atoms with E-state index in [1.807, 2.05) is 39.0 Å². The van der Waals surface area contributed by atoms with Crippen molar-refractivity contribution < 1.29 is 4.52 Å². The maximum Gasteiger partial charge on any atom is 0.259 e. The number of aromatic nitrogens is 2. The molecule has 0 atom stereocenters. The third kappa shape index (κ3) is 2.40. The van der Waals surface area contributed by atoms with E-state index < -0.39 is 5.54 Å². The van der Waals surface area contributed by atoms with Gasteiger partial charge in [0.1, 0.15) is 0 Å². The molecule has 5 heteroatoms. The smallest absolute Gasteiger partial charge is 0.259 e. The lowest BCUT2D eigenvalue weighted by molar-refractivity contribution is 0.397. The van der Waals surface area contributed by atoms with Gasteiger partial charge in [0.05, 0.1) is 11.1 Å². The zero-order chi connectivity index (χ0) is 12.6. The second-order valence-electron chi connectivity index (χ2n) is 4.58. The highest BCUT2D eigenvalue weighted by Crippen LogP contribution is 2.30. The van der Waals surface area contributed by atoms with Gasteiger partial charge in [0.2, 0.25) is 0 Å². The Morgan fingerprint density at radius 1 is 1.35 bits per heavy atom. The molecule has 0 saturated carbocycles. The van der Waals surface area contributed by atoms with Gasteiger partial charge in [-0.15, -0.1) is 0 Å². The fourth-order valence-electron chi connectivity index (χ4n) is 1.41. The van der Waals surface area contributed by atoms with Crippen molar-refractivity contribution in [3.05, 3.63) is 34.1 Å². The molecule has 90 valence electrons. The average molecular weight is 296 g/mol. The minimum Gasteiger partial charge on any atom is -0.334 e. The number of hydrogen-bond acceptors (Lipinski definition) is 4. The summed E-state index contributed by atoms with van der Waals surface area (Å²) in [7, 11) is 0. The molecule has 0 aliphatic carbocycles. The zero-order valence-electron chi connectivity index (χ0n) is 9.99. The molecule has 1 heterocycles. The Kier molecular flexibility index (Phi) is 3.05. The fraction of sp³-hybridized carbons (Fsp3) is 0.333. The predicted octanol–water partition coefficient (Wildman–Crippen LogP) is 3.00. The summed E-state index contributed by atoms with van der Waals surface area (Å²) >= 11 is 3.52. The lowest BCUT2D eigenvalue weighted by Gasteiger charge is -2.11. The lowest BCUT2D eigenvalue weighted by Crippen LogP contribution is -2.30. The summed E-state index contributed by atoms with van der Waals surface area (Å²) in [5.41, 5.74) is 7.32. The molecule has 0 bridgehead atoms. The normalized spacial score (nSPS) is 11.8. The largest absolute Gasteiger partial charge is 0.334 e. The highest BCUT2D eigenvalue weighted by molar-refractivity contribution is 9.10. The molecular weight excluding hydrogens is 282 g/mol. The minimum absolute atomic E-state index is 0.481. The quantitative estimate of drug-likeness (QED) is 0.925. The standard InChI is InChI=1S/C12H14BrN3O/c1-7-5-4-6-8(9(7)13)10-15-11(16-17-10)12(2,3)14/h4-6H,14H2,1-3H3. The first-order valence-corrected chi connectivity index (χ1v) is 6.07. The van der Waals surface area contributed by atoms with Crippen LogP contribution >= 0.6 is 15.9 Å². The van der Waals surface area contributed by atoms with Gasteiger partial charge in [-0.2, -0.15) is 4.98 Å². The van der Waals surface area contributed by atoms with Gasteiger partial charge < -0.3 is 10.3 Å². The van der Waals surface area contributed by atoms with Crippen molar-refractivity contribution in [2.75, 3.05) is 0 Å². The molecule has 1 aromatic carbocycles. The van der Waals surface area contributed by atoms with Gasteiger partial charge in [-0.25, -0.2) is 0 Å². The number of rotatable bonds is 2. The number of aryl methyl sites for hydroxylation is 1. The van der Waals surface area contributed by atoms with Crippen LogP contribution in [0.25, 0.3) is 11.5 Å². The van der Waals surface area contributed by atoms with Gasteiger partial charge in [0.15, 0.2) is 5.82 Å². The summed E-state index contributed by atoms with van der Waals surface area (Å²) in [6, 6.07) is 5.89. The van der Waals surface area contributed by atoms with Crippen molar-refractivity contribution >= 4 is 15.9 Å². The van der Waals surface area contributed by atoms with Gasteiger partial charge in [0.25, 0.3) is 5.89 Å². The molecule has 1 aromatic heterocycles. The zero-order valence-corrected chi connectivity index (χ0v) is 11.6. The van der Waals surface area contributed by atoms with Crippen LogP contribution in [0.4, 0.5) is 0 Å². The molecule has 0 spiro atoms. The summed E-state index contributed by atoms with van der Waals surface area (Å²) in [6.07, 6.45) is 0. The Balaban J connectivity index is 2.48. The Hall–Kier alpha value is -1.20. The second-order valence-corrected chi connectivity index (χ2v) is 5.37. The summed E-state index contributed by atoms with van der Waals surface area (Å²) in [4.78, 5) is 4.32. The summed E-state index contributed by atoms with van der Waals surface area (Å²) in [5.74, 6) is 0.981. The fourth-order valence-corrected chi connectivity index (χ4v) is 1.84. The first kappa shape index (κ1) is 12.3. The van der Waals surface area contributed by atoms with E-state index in [0.717, 1.165) is 15.6 Å². The van der Waals surface area contributed by atoms with Crippen LogP contribution in [0.2, 0.25) is 0 Å². The van der Waals surface area contributed by atoms with Gasteiger partial charge >= 0.3 is 0 Å². The average Bonchev–Trinajstić information content (AvgIpc) is 2.70. The van der Waals surface area contributed by atoms with Crippen molar-refractivity contribution in [3.8, 4) is 11.5 Å². The Morgan fingerprint density at radius 2 is 2.06 bits per heavy atom.